The molecule has 0 unspecified atom stereocenters. The molecule has 5 aromatic heterocycles. The van der Waals surface area contributed by atoms with Crippen LogP contribution in [0.5, 0.6) is 0 Å². The number of hydrogen-bond donors (Lipinski definition) is 0. The summed E-state index contributed by atoms with van der Waals surface area (Å²) in [5, 5.41) is 11.6. The number of carbonyl (C=O) groups excluding carboxylic acids is 3. The van der Waals surface area contributed by atoms with Gasteiger partial charge in [0, 0.05) is 58.7 Å². The van der Waals surface area contributed by atoms with Crippen LogP contribution in [-0.2, 0) is 25.8 Å². The highest BCUT2D eigenvalue weighted by Gasteiger charge is 2.32. The molecule has 1 aliphatic heterocycles. The van der Waals surface area contributed by atoms with Crippen molar-refractivity contribution in [3.8, 4) is 53.8 Å². The number of aryl methyl sites for hydroxylation is 1. The molecule has 0 N–H and O–H groups in total. The quantitative estimate of drug-likeness (QED) is 0.0699. The molecular weight excluding hydrogens is 695 g/mol. The standard InChI is InChI=1S/C40H32N5O5S2/c46-33-17-18-34(47)45(33)49-35(48)14-8-3-9-21-44-22-19-28(20-23-44)37-36(32-24-29(25-51-32)26-10-4-1-5-11-26)39-40(43-50-42-39)38(41-37)31-16-15-30(52-31)27-12-6-2-7-13-27/h1-2,4-7,10-13,15-16,19-20,22-25H,3,8-9,14,17-18,21H2/q+1. The normalized spacial score (nSPS) is 13.0. The summed E-state index contributed by atoms with van der Waals surface area (Å²) in [6.07, 6.45) is 6.59. The molecule has 2 amide bonds. The van der Waals surface area contributed by atoms with Crippen LogP contribution in [-0.4, -0.2) is 38.1 Å². The SMILES string of the molecule is O=C(CCCCC[n+]1ccc(-c2nc(-c3ccc(-c4ccccc4)s3)c3nonc3c2-c2cc(-c3ccccc3)cs2)cc1)ON1C(=O)CCC1=O. The Labute approximate surface area is 306 Å². The summed E-state index contributed by atoms with van der Waals surface area (Å²) in [5.41, 5.74) is 7.96. The molecule has 7 aromatic rings. The van der Waals surface area contributed by atoms with E-state index in [0.717, 1.165) is 73.2 Å². The first-order valence-corrected chi connectivity index (χ1v) is 18.7. The number of hydrogen-bond acceptors (Lipinski definition) is 10. The highest BCUT2D eigenvalue weighted by atomic mass is 32.1. The van der Waals surface area contributed by atoms with Crippen molar-refractivity contribution in [1.29, 1.82) is 0 Å². The average Bonchev–Trinajstić information content (AvgIpc) is 4.02. The van der Waals surface area contributed by atoms with E-state index < -0.39 is 17.8 Å². The maximum Gasteiger partial charge on any atom is 0.333 e. The lowest BCUT2D eigenvalue weighted by molar-refractivity contribution is -0.697. The Hall–Kier alpha value is -5.85. The number of pyridine rings is 2. The summed E-state index contributed by atoms with van der Waals surface area (Å²) < 4.78 is 7.51. The van der Waals surface area contributed by atoms with Gasteiger partial charge >= 0.3 is 5.97 Å². The van der Waals surface area contributed by atoms with E-state index in [4.69, 9.17) is 14.5 Å². The molecule has 258 valence electrons. The number of unbranched alkanes of at least 4 members (excludes halogenated alkanes) is 2. The minimum atomic E-state index is -0.567. The van der Waals surface area contributed by atoms with Crippen LogP contribution < -0.4 is 4.57 Å². The third-order valence-electron chi connectivity index (χ3n) is 8.92. The van der Waals surface area contributed by atoms with Gasteiger partial charge in [-0.05, 0) is 63.4 Å². The van der Waals surface area contributed by atoms with Gasteiger partial charge in [-0.15, -0.1) is 27.7 Å². The third-order valence-corrected chi connectivity index (χ3v) is 11.0. The van der Waals surface area contributed by atoms with Crippen LogP contribution in [0.15, 0.2) is 113 Å². The second kappa shape index (κ2) is 14.8. The summed E-state index contributed by atoms with van der Waals surface area (Å²) in [7, 11) is 0. The van der Waals surface area contributed by atoms with Crippen molar-refractivity contribution in [3.63, 3.8) is 0 Å². The van der Waals surface area contributed by atoms with Crippen LogP contribution >= 0.6 is 22.7 Å². The minimum absolute atomic E-state index is 0.0835. The maximum absolute atomic E-state index is 12.2. The molecule has 1 fully saturated rings. The van der Waals surface area contributed by atoms with Gasteiger partial charge in [-0.3, -0.25) is 9.59 Å². The monoisotopic (exact) mass is 726 g/mol. The highest BCUT2D eigenvalue weighted by molar-refractivity contribution is 7.18. The number of hydroxylamine groups is 2. The molecule has 52 heavy (non-hydrogen) atoms. The van der Waals surface area contributed by atoms with Crippen LogP contribution in [0.1, 0.15) is 38.5 Å². The van der Waals surface area contributed by atoms with E-state index in [1.54, 1.807) is 22.7 Å². The van der Waals surface area contributed by atoms with Gasteiger partial charge in [-0.25, -0.2) is 19.0 Å². The molecule has 8 rings (SSSR count). The highest BCUT2D eigenvalue weighted by Crippen LogP contribution is 2.44. The van der Waals surface area contributed by atoms with Crippen LogP contribution in [0.25, 0.3) is 64.9 Å². The lowest BCUT2D eigenvalue weighted by atomic mass is 10.0. The molecule has 6 heterocycles. The molecule has 0 radical (unpaired) electrons. The molecule has 12 heteroatoms. The van der Waals surface area contributed by atoms with Crippen molar-refractivity contribution in [3.05, 3.63) is 109 Å². The second-order valence-electron chi connectivity index (χ2n) is 12.4. The van der Waals surface area contributed by atoms with E-state index in [9.17, 15) is 14.4 Å². The predicted octanol–water partition coefficient (Wildman–Crippen LogP) is 8.53. The van der Waals surface area contributed by atoms with E-state index in [-0.39, 0.29) is 19.3 Å². The van der Waals surface area contributed by atoms with Gasteiger partial charge in [-0.2, -0.15) is 0 Å². The number of carbonyl (C=O) groups is 3. The van der Waals surface area contributed by atoms with E-state index in [2.05, 4.69) is 74.9 Å². The number of aromatic nitrogens is 4. The number of rotatable bonds is 12. The third kappa shape index (κ3) is 6.90. The number of amides is 2. The van der Waals surface area contributed by atoms with Crippen LogP contribution in [0.4, 0.5) is 0 Å². The Balaban J connectivity index is 1.06. The number of benzene rings is 2. The van der Waals surface area contributed by atoms with Crippen molar-refractivity contribution in [2.75, 3.05) is 0 Å². The Bertz CT molecular complexity index is 2370. The Kier molecular flexibility index (Phi) is 9.47. The summed E-state index contributed by atoms with van der Waals surface area (Å²) in [4.78, 5) is 49.0. The molecule has 0 saturated carbocycles. The molecule has 0 aliphatic carbocycles. The fourth-order valence-electron chi connectivity index (χ4n) is 6.24. The maximum atomic E-state index is 12.2. The van der Waals surface area contributed by atoms with Crippen molar-refractivity contribution < 1.29 is 28.4 Å². The minimum Gasteiger partial charge on any atom is -0.330 e. The van der Waals surface area contributed by atoms with Gasteiger partial charge in [-0.1, -0.05) is 60.7 Å². The first-order valence-electron chi connectivity index (χ1n) is 17.0. The lowest BCUT2D eigenvalue weighted by Crippen LogP contribution is -2.32. The second-order valence-corrected chi connectivity index (χ2v) is 14.4. The Morgan fingerprint density at radius 1 is 0.731 bits per heavy atom. The molecule has 0 atom stereocenters. The largest absolute Gasteiger partial charge is 0.333 e. The van der Waals surface area contributed by atoms with Gasteiger partial charge in [0.15, 0.2) is 17.9 Å². The first-order chi connectivity index (χ1) is 25.5. The zero-order valence-corrected chi connectivity index (χ0v) is 29.6. The van der Waals surface area contributed by atoms with Crippen LogP contribution in [0.2, 0.25) is 0 Å². The van der Waals surface area contributed by atoms with E-state index in [0.29, 0.717) is 22.5 Å². The van der Waals surface area contributed by atoms with Crippen molar-refractivity contribution in [2.24, 2.45) is 0 Å². The van der Waals surface area contributed by atoms with Crippen molar-refractivity contribution >= 4 is 51.5 Å². The number of imide groups is 1. The number of fused-ring (bicyclic) bond motifs is 1. The van der Waals surface area contributed by atoms with Crippen LogP contribution in [0.3, 0.4) is 0 Å². The molecular formula is C40H32N5O5S2+. The molecule has 1 aliphatic rings. The smallest absolute Gasteiger partial charge is 0.330 e. The lowest BCUT2D eigenvalue weighted by Gasteiger charge is -2.12. The number of thiophene rings is 2. The van der Waals surface area contributed by atoms with Crippen molar-refractivity contribution in [2.45, 2.75) is 45.1 Å². The molecule has 2 aromatic carbocycles. The molecule has 0 spiro atoms. The van der Waals surface area contributed by atoms with E-state index in [1.807, 2.05) is 48.8 Å². The average molecular weight is 727 g/mol. The molecule has 1 saturated heterocycles. The summed E-state index contributed by atoms with van der Waals surface area (Å²) >= 11 is 3.29. The predicted molar refractivity (Wildman–Crippen MR) is 198 cm³/mol. The van der Waals surface area contributed by atoms with Gasteiger partial charge < -0.3 is 4.84 Å². The van der Waals surface area contributed by atoms with Gasteiger partial charge in [0.2, 0.25) is 0 Å². The zero-order valence-electron chi connectivity index (χ0n) is 27.9. The fraction of sp³-hybridized carbons (Fsp3) is 0.175. The molecule has 0 bridgehead atoms. The topological polar surface area (TPSA) is 119 Å². The van der Waals surface area contributed by atoms with Gasteiger partial charge in [0.25, 0.3) is 11.8 Å². The summed E-state index contributed by atoms with van der Waals surface area (Å²) in [5.74, 6) is -1.50. The molecule has 10 nitrogen and oxygen atoms in total. The zero-order chi connectivity index (χ0) is 35.4. The Morgan fingerprint density at radius 2 is 1.42 bits per heavy atom. The summed E-state index contributed by atoms with van der Waals surface area (Å²) in [6, 6.07) is 31.0. The van der Waals surface area contributed by atoms with Crippen molar-refractivity contribution in [1.82, 2.24) is 20.4 Å². The first kappa shape index (κ1) is 33.3. The van der Waals surface area contributed by atoms with Gasteiger partial charge in [0.05, 0.1) is 10.6 Å². The van der Waals surface area contributed by atoms with Crippen LogP contribution in [0, 0.1) is 0 Å². The van der Waals surface area contributed by atoms with Gasteiger partial charge in [0.1, 0.15) is 17.8 Å². The van der Waals surface area contributed by atoms with E-state index in [1.165, 1.54) is 0 Å². The Morgan fingerprint density at radius 3 is 2.17 bits per heavy atom. The number of nitrogens with zero attached hydrogens (tertiary/aromatic N) is 5. The fourth-order valence-corrected chi connectivity index (χ4v) is 8.20. The van der Waals surface area contributed by atoms with E-state index >= 15 is 0 Å². The summed E-state index contributed by atoms with van der Waals surface area (Å²) in [6.45, 7) is 0.749.